The Morgan fingerprint density at radius 1 is 1.34 bits per heavy atom. The van der Waals surface area contributed by atoms with Gasteiger partial charge in [-0.2, -0.15) is 5.10 Å². The van der Waals surface area contributed by atoms with Gasteiger partial charge in [-0.05, 0) is 17.0 Å². The van der Waals surface area contributed by atoms with Crippen molar-refractivity contribution in [1.82, 2.24) is 20.0 Å². The Hall–Kier alpha value is -2.54. The number of benzene rings is 1. The molecular weight excluding hydrogens is 366 g/mol. The number of hydrogen-bond donors (Lipinski definition) is 1. The maximum Gasteiger partial charge on any atom is 0.193 e. The zero-order valence-corrected chi connectivity index (χ0v) is 18.2. The molecule has 0 amide bonds. The first-order valence-electron chi connectivity index (χ1n) is 10.2. The first-order valence-corrected chi connectivity index (χ1v) is 10.2. The SMILES string of the molecule is CN=C(NCCOc1ccccc1C(C)(C)C)N1CCOC(c2cnn(C)c2)C1. The van der Waals surface area contributed by atoms with Crippen LogP contribution in [-0.2, 0) is 17.2 Å². The van der Waals surface area contributed by atoms with Crippen LogP contribution in [0.5, 0.6) is 5.75 Å². The minimum atomic E-state index is 0.00547. The maximum atomic E-state index is 6.07. The molecule has 1 atom stereocenters. The molecule has 2 heterocycles. The van der Waals surface area contributed by atoms with E-state index >= 15 is 0 Å². The molecule has 1 saturated heterocycles. The lowest BCUT2D eigenvalue weighted by Gasteiger charge is -2.34. The number of ether oxygens (including phenoxy) is 2. The molecule has 0 spiro atoms. The second-order valence-corrected chi connectivity index (χ2v) is 8.32. The van der Waals surface area contributed by atoms with Gasteiger partial charge in [0.05, 0.1) is 25.9 Å². The first-order chi connectivity index (χ1) is 13.9. The van der Waals surface area contributed by atoms with Crippen LogP contribution in [0, 0.1) is 0 Å². The zero-order valence-electron chi connectivity index (χ0n) is 18.2. The van der Waals surface area contributed by atoms with E-state index < -0.39 is 0 Å². The van der Waals surface area contributed by atoms with Crippen molar-refractivity contribution in [3.8, 4) is 5.75 Å². The van der Waals surface area contributed by atoms with Crippen LogP contribution >= 0.6 is 0 Å². The Morgan fingerprint density at radius 3 is 2.83 bits per heavy atom. The molecule has 158 valence electrons. The smallest absolute Gasteiger partial charge is 0.193 e. The number of aromatic nitrogens is 2. The largest absolute Gasteiger partial charge is 0.491 e. The molecule has 1 aliphatic heterocycles. The van der Waals surface area contributed by atoms with Gasteiger partial charge in [0.25, 0.3) is 0 Å². The molecule has 2 aromatic rings. The summed E-state index contributed by atoms with van der Waals surface area (Å²) in [6, 6.07) is 8.25. The molecule has 0 saturated carbocycles. The molecule has 0 bridgehead atoms. The van der Waals surface area contributed by atoms with Gasteiger partial charge < -0.3 is 19.7 Å². The summed E-state index contributed by atoms with van der Waals surface area (Å²) in [6.45, 7) is 10.1. The van der Waals surface area contributed by atoms with Crippen molar-refractivity contribution in [1.29, 1.82) is 0 Å². The quantitative estimate of drug-likeness (QED) is 0.476. The summed E-state index contributed by atoms with van der Waals surface area (Å²) in [4.78, 5) is 6.67. The molecule has 1 unspecified atom stereocenters. The third-order valence-corrected chi connectivity index (χ3v) is 5.01. The van der Waals surface area contributed by atoms with Gasteiger partial charge in [-0.25, -0.2) is 0 Å². The third-order valence-electron chi connectivity index (χ3n) is 5.01. The fourth-order valence-electron chi connectivity index (χ4n) is 3.52. The van der Waals surface area contributed by atoms with E-state index in [1.54, 1.807) is 4.68 Å². The summed E-state index contributed by atoms with van der Waals surface area (Å²) in [7, 11) is 3.73. The predicted octanol–water partition coefficient (Wildman–Crippen LogP) is 2.75. The van der Waals surface area contributed by atoms with Crippen molar-refractivity contribution >= 4 is 5.96 Å². The highest BCUT2D eigenvalue weighted by Crippen LogP contribution is 2.30. The molecule has 1 aromatic heterocycles. The van der Waals surface area contributed by atoms with Gasteiger partial charge in [0.15, 0.2) is 5.96 Å². The molecule has 7 nitrogen and oxygen atoms in total. The summed E-state index contributed by atoms with van der Waals surface area (Å²) < 4.78 is 13.8. The van der Waals surface area contributed by atoms with Gasteiger partial charge in [-0.1, -0.05) is 39.0 Å². The van der Waals surface area contributed by atoms with Gasteiger partial charge in [0, 0.05) is 32.4 Å². The maximum absolute atomic E-state index is 6.07. The van der Waals surface area contributed by atoms with Crippen LogP contribution in [0.25, 0.3) is 0 Å². The van der Waals surface area contributed by atoms with Gasteiger partial charge in [0.1, 0.15) is 18.5 Å². The molecule has 1 aliphatic rings. The van der Waals surface area contributed by atoms with Crippen molar-refractivity contribution < 1.29 is 9.47 Å². The molecule has 3 rings (SSSR count). The molecule has 0 radical (unpaired) electrons. The summed E-state index contributed by atoms with van der Waals surface area (Å²) in [5, 5.41) is 7.67. The molecule has 7 heteroatoms. The van der Waals surface area contributed by atoms with E-state index in [0.717, 1.165) is 30.4 Å². The van der Waals surface area contributed by atoms with E-state index in [1.807, 2.05) is 38.6 Å². The van der Waals surface area contributed by atoms with Gasteiger partial charge in [0.2, 0.25) is 0 Å². The zero-order chi connectivity index (χ0) is 20.9. The van der Waals surface area contributed by atoms with Crippen molar-refractivity contribution in [2.75, 3.05) is 39.9 Å². The molecule has 0 aliphatic carbocycles. The Balaban J connectivity index is 1.52. The number of aliphatic imine (C=N–C) groups is 1. The Morgan fingerprint density at radius 2 is 2.14 bits per heavy atom. The normalized spacial score (nSPS) is 18.0. The second-order valence-electron chi connectivity index (χ2n) is 8.32. The van der Waals surface area contributed by atoms with Gasteiger partial charge >= 0.3 is 0 Å². The number of morpholine rings is 1. The van der Waals surface area contributed by atoms with Crippen molar-refractivity contribution in [3.63, 3.8) is 0 Å². The average Bonchev–Trinajstić information content (AvgIpc) is 3.14. The van der Waals surface area contributed by atoms with Crippen LogP contribution in [0.15, 0.2) is 41.7 Å². The van der Waals surface area contributed by atoms with Crippen LogP contribution < -0.4 is 10.1 Å². The summed E-state index contributed by atoms with van der Waals surface area (Å²) >= 11 is 0. The van der Waals surface area contributed by atoms with Crippen LogP contribution in [0.2, 0.25) is 0 Å². The first kappa shape index (κ1) is 21.2. The van der Waals surface area contributed by atoms with Crippen LogP contribution in [0.4, 0.5) is 0 Å². The van der Waals surface area contributed by atoms with Gasteiger partial charge in [-0.3, -0.25) is 9.67 Å². The van der Waals surface area contributed by atoms with Gasteiger partial charge in [-0.15, -0.1) is 0 Å². The Bertz CT molecular complexity index is 825. The highest BCUT2D eigenvalue weighted by Gasteiger charge is 2.25. The summed E-state index contributed by atoms with van der Waals surface area (Å²) in [6.07, 6.45) is 3.88. The Labute approximate surface area is 173 Å². The van der Waals surface area contributed by atoms with E-state index in [9.17, 15) is 0 Å². The third kappa shape index (κ3) is 5.50. The number of hydrogen-bond acceptors (Lipinski definition) is 4. The standard InChI is InChI=1S/C22H33N5O2/c1-22(2,3)18-8-6-7-9-19(18)28-12-10-24-21(23-4)27-11-13-29-20(16-27)17-14-25-26(5)15-17/h6-9,14-15,20H,10-13,16H2,1-5H3,(H,23,24). The van der Waals surface area contributed by atoms with E-state index in [-0.39, 0.29) is 11.5 Å². The van der Waals surface area contributed by atoms with Crippen LogP contribution in [0.1, 0.15) is 38.0 Å². The number of nitrogens with one attached hydrogen (secondary N) is 1. The molecular formula is C22H33N5O2. The molecule has 1 N–H and O–H groups in total. The molecule has 1 fully saturated rings. The number of nitrogens with zero attached hydrogens (tertiary/aromatic N) is 4. The summed E-state index contributed by atoms with van der Waals surface area (Å²) in [5.41, 5.74) is 2.36. The van der Waals surface area contributed by atoms with E-state index in [0.29, 0.717) is 19.8 Å². The highest BCUT2D eigenvalue weighted by atomic mass is 16.5. The minimum absolute atomic E-state index is 0.00547. The minimum Gasteiger partial charge on any atom is -0.491 e. The topological polar surface area (TPSA) is 63.9 Å². The fourth-order valence-corrected chi connectivity index (χ4v) is 3.52. The van der Waals surface area contributed by atoms with Crippen LogP contribution in [-0.4, -0.2) is 60.5 Å². The fraction of sp³-hybridized carbons (Fsp3) is 0.545. The number of aryl methyl sites for hydroxylation is 1. The molecule has 29 heavy (non-hydrogen) atoms. The van der Waals surface area contributed by atoms with E-state index in [1.165, 1.54) is 5.56 Å². The Kier molecular flexibility index (Phi) is 6.79. The van der Waals surface area contributed by atoms with Crippen LogP contribution in [0.3, 0.4) is 0 Å². The lowest BCUT2D eigenvalue weighted by atomic mass is 9.86. The van der Waals surface area contributed by atoms with Crippen molar-refractivity contribution in [3.05, 3.63) is 47.8 Å². The van der Waals surface area contributed by atoms with Crippen molar-refractivity contribution in [2.24, 2.45) is 12.0 Å². The van der Waals surface area contributed by atoms with E-state index in [4.69, 9.17) is 9.47 Å². The van der Waals surface area contributed by atoms with E-state index in [2.05, 4.69) is 53.2 Å². The lowest BCUT2D eigenvalue weighted by Crippen LogP contribution is -2.48. The van der Waals surface area contributed by atoms with Crippen molar-refractivity contribution in [2.45, 2.75) is 32.3 Å². The number of para-hydroxylation sites is 1. The number of guanidine groups is 1. The summed E-state index contributed by atoms with van der Waals surface area (Å²) in [5.74, 6) is 1.81. The number of rotatable bonds is 5. The molecule has 1 aromatic carbocycles. The lowest BCUT2D eigenvalue weighted by molar-refractivity contribution is -0.00805. The predicted molar refractivity (Wildman–Crippen MR) is 115 cm³/mol. The average molecular weight is 400 g/mol. The second kappa shape index (κ2) is 9.31. The monoisotopic (exact) mass is 399 g/mol. The highest BCUT2D eigenvalue weighted by molar-refractivity contribution is 5.80.